The fraction of sp³-hybridized carbons (Fsp3) is 0.500. The van der Waals surface area contributed by atoms with Gasteiger partial charge in [-0.25, -0.2) is 8.42 Å². The zero-order valence-electron chi connectivity index (χ0n) is 17.9. The lowest BCUT2D eigenvalue weighted by molar-refractivity contribution is 0.0939. The first kappa shape index (κ1) is 22.5. The monoisotopic (exact) mass is 433 g/mol. The molecule has 0 spiro atoms. The van der Waals surface area contributed by atoms with Crippen LogP contribution in [-0.4, -0.2) is 57.3 Å². The highest BCUT2D eigenvalue weighted by atomic mass is 32.2. The molecular formula is C22H31N3O4S. The lowest BCUT2D eigenvalue weighted by atomic mass is 9.96. The number of amides is 1. The van der Waals surface area contributed by atoms with E-state index in [4.69, 9.17) is 4.42 Å². The predicted molar refractivity (Wildman–Crippen MR) is 116 cm³/mol. The van der Waals surface area contributed by atoms with Crippen LogP contribution in [0.1, 0.15) is 54.3 Å². The second-order valence-electron chi connectivity index (χ2n) is 8.05. The van der Waals surface area contributed by atoms with E-state index >= 15 is 0 Å². The Bertz CT molecular complexity index is 935. The van der Waals surface area contributed by atoms with Gasteiger partial charge in [-0.2, -0.15) is 4.31 Å². The van der Waals surface area contributed by atoms with Crippen LogP contribution < -0.4 is 5.32 Å². The molecule has 2 aromatic rings. The van der Waals surface area contributed by atoms with Gasteiger partial charge in [-0.3, -0.25) is 9.69 Å². The van der Waals surface area contributed by atoms with Gasteiger partial charge in [-0.15, -0.1) is 0 Å². The molecule has 1 atom stereocenters. The highest BCUT2D eigenvalue weighted by Gasteiger charge is 2.29. The Balaban J connectivity index is 1.71. The van der Waals surface area contributed by atoms with E-state index in [-0.39, 0.29) is 22.9 Å². The second-order valence-corrected chi connectivity index (χ2v) is 10.0. The van der Waals surface area contributed by atoms with Gasteiger partial charge in [0.2, 0.25) is 10.0 Å². The van der Waals surface area contributed by atoms with Gasteiger partial charge in [0.15, 0.2) is 0 Å². The van der Waals surface area contributed by atoms with E-state index in [0.717, 1.165) is 37.9 Å². The van der Waals surface area contributed by atoms with Crippen LogP contribution in [0.3, 0.4) is 0 Å². The first-order valence-corrected chi connectivity index (χ1v) is 11.8. The Hall–Kier alpha value is -2.16. The number of likely N-dealkylation sites (N-methyl/N-ethyl adjacent to an activating group) is 1. The number of benzene rings is 1. The Morgan fingerprint density at radius 1 is 1.13 bits per heavy atom. The molecule has 7 nitrogen and oxygen atoms in total. The lowest BCUT2D eigenvalue weighted by Crippen LogP contribution is -2.38. The van der Waals surface area contributed by atoms with Crippen molar-refractivity contribution in [3.63, 3.8) is 0 Å². The molecule has 1 aromatic heterocycles. The maximum Gasteiger partial charge on any atom is 0.251 e. The number of furan rings is 1. The summed E-state index contributed by atoms with van der Waals surface area (Å²) in [4.78, 5) is 14.8. The Morgan fingerprint density at radius 2 is 1.87 bits per heavy atom. The van der Waals surface area contributed by atoms with Crippen LogP contribution in [0, 0.1) is 0 Å². The molecule has 0 aliphatic heterocycles. The molecule has 1 unspecified atom stereocenters. The molecule has 1 amide bonds. The van der Waals surface area contributed by atoms with Gasteiger partial charge >= 0.3 is 0 Å². The number of carbonyl (C=O) groups excluding carboxylic acids is 1. The largest absolute Gasteiger partial charge is 0.468 e. The quantitative estimate of drug-likeness (QED) is 0.691. The highest BCUT2D eigenvalue weighted by molar-refractivity contribution is 7.89. The number of rotatable bonds is 8. The molecule has 1 N–H and O–H groups in total. The third kappa shape index (κ3) is 5.11. The summed E-state index contributed by atoms with van der Waals surface area (Å²) in [6, 6.07) is 9.84. The summed E-state index contributed by atoms with van der Waals surface area (Å²) >= 11 is 0. The molecule has 30 heavy (non-hydrogen) atoms. The van der Waals surface area contributed by atoms with Gasteiger partial charge < -0.3 is 9.73 Å². The average Bonchev–Trinajstić information content (AvgIpc) is 3.28. The fourth-order valence-electron chi connectivity index (χ4n) is 3.91. The van der Waals surface area contributed by atoms with Crippen molar-refractivity contribution in [2.45, 2.75) is 49.1 Å². The molecule has 0 radical (unpaired) electrons. The molecule has 0 saturated heterocycles. The minimum absolute atomic E-state index is 0.0235. The van der Waals surface area contributed by atoms with Gasteiger partial charge in [-0.05, 0) is 57.3 Å². The van der Waals surface area contributed by atoms with Gasteiger partial charge in [0.05, 0.1) is 17.2 Å². The van der Waals surface area contributed by atoms with Crippen molar-refractivity contribution in [3.8, 4) is 0 Å². The van der Waals surface area contributed by atoms with Crippen LogP contribution in [-0.2, 0) is 10.0 Å². The van der Waals surface area contributed by atoms with E-state index in [1.807, 2.05) is 31.1 Å². The normalized spacial score (nSPS) is 16.7. The van der Waals surface area contributed by atoms with Crippen molar-refractivity contribution >= 4 is 15.9 Å². The van der Waals surface area contributed by atoms with E-state index in [2.05, 4.69) is 5.32 Å². The first-order chi connectivity index (χ1) is 14.3. The van der Waals surface area contributed by atoms with E-state index in [0.29, 0.717) is 12.1 Å². The summed E-state index contributed by atoms with van der Waals surface area (Å²) < 4.78 is 33.1. The minimum atomic E-state index is -3.64. The smallest absolute Gasteiger partial charge is 0.251 e. The van der Waals surface area contributed by atoms with Crippen LogP contribution in [0.15, 0.2) is 52.0 Å². The van der Waals surface area contributed by atoms with Gasteiger partial charge in [0, 0.05) is 25.2 Å². The number of nitrogens with one attached hydrogen (secondary N) is 1. The molecule has 1 aliphatic rings. The molecule has 1 saturated carbocycles. The van der Waals surface area contributed by atoms with E-state index in [1.54, 1.807) is 31.5 Å². The van der Waals surface area contributed by atoms with Crippen LogP contribution in [0.4, 0.5) is 0 Å². The molecule has 164 valence electrons. The lowest BCUT2D eigenvalue weighted by Gasteiger charge is -2.30. The van der Waals surface area contributed by atoms with Gasteiger partial charge in [0.25, 0.3) is 5.91 Å². The van der Waals surface area contributed by atoms with Crippen molar-refractivity contribution in [2.24, 2.45) is 0 Å². The minimum Gasteiger partial charge on any atom is -0.468 e. The first-order valence-electron chi connectivity index (χ1n) is 10.4. The van der Waals surface area contributed by atoms with Gasteiger partial charge in [-0.1, -0.05) is 25.3 Å². The van der Waals surface area contributed by atoms with Crippen molar-refractivity contribution in [1.82, 2.24) is 14.5 Å². The third-order valence-corrected chi connectivity index (χ3v) is 7.72. The topological polar surface area (TPSA) is 82.9 Å². The SMILES string of the molecule is CN(C)C(CNC(=O)c1cccc(S(=O)(=O)N(C)C2CCCCC2)c1)c1ccco1. The molecule has 1 heterocycles. The number of hydrogen-bond acceptors (Lipinski definition) is 5. The van der Waals surface area contributed by atoms with Gasteiger partial charge in [0.1, 0.15) is 5.76 Å². The maximum absolute atomic E-state index is 13.1. The van der Waals surface area contributed by atoms with Crippen LogP contribution in [0.2, 0.25) is 0 Å². The third-order valence-electron chi connectivity index (χ3n) is 5.81. The standard InChI is InChI=1S/C22H31N3O4S/c1-24(2)20(21-13-8-14-29-21)16-23-22(26)17-9-7-12-19(15-17)30(27,28)25(3)18-10-5-4-6-11-18/h7-9,12-15,18,20H,4-6,10-11,16H2,1-3H3,(H,23,26). The molecule has 1 aliphatic carbocycles. The van der Waals surface area contributed by atoms with Crippen LogP contribution in [0.5, 0.6) is 0 Å². The predicted octanol–water partition coefficient (Wildman–Crippen LogP) is 3.27. The number of hydrogen-bond donors (Lipinski definition) is 1. The molecule has 1 fully saturated rings. The van der Waals surface area contributed by atoms with Crippen molar-refractivity contribution < 1.29 is 17.6 Å². The van der Waals surface area contributed by atoms with E-state index in [1.165, 1.54) is 10.4 Å². The zero-order chi connectivity index (χ0) is 21.7. The zero-order valence-corrected chi connectivity index (χ0v) is 18.7. The summed E-state index contributed by atoms with van der Waals surface area (Å²) in [7, 11) is 1.82. The number of nitrogens with zero attached hydrogens (tertiary/aromatic N) is 2. The number of carbonyl (C=O) groups is 1. The van der Waals surface area contributed by atoms with E-state index in [9.17, 15) is 13.2 Å². The fourth-order valence-corrected chi connectivity index (χ4v) is 5.38. The van der Waals surface area contributed by atoms with Crippen molar-refractivity contribution in [1.29, 1.82) is 0 Å². The van der Waals surface area contributed by atoms with Crippen LogP contribution in [0.25, 0.3) is 0 Å². The van der Waals surface area contributed by atoms with Crippen LogP contribution >= 0.6 is 0 Å². The summed E-state index contributed by atoms with van der Waals surface area (Å²) in [6.45, 7) is 0.346. The summed E-state index contributed by atoms with van der Waals surface area (Å²) in [5.74, 6) is 0.441. The Kier molecular flexibility index (Phi) is 7.33. The molecule has 3 rings (SSSR count). The Morgan fingerprint density at radius 3 is 2.50 bits per heavy atom. The van der Waals surface area contributed by atoms with Crippen molar-refractivity contribution in [2.75, 3.05) is 27.7 Å². The number of sulfonamides is 1. The molecule has 8 heteroatoms. The second kappa shape index (κ2) is 9.76. The maximum atomic E-state index is 13.1. The summed E-state index contributed by atoms with van der Waals surface area (Å²) in [6.07, 6.45) is 6.63. The molecular weight excluding hydrogens is 402 g/mol. The summed E-state index contributed by atoms with van der Waals surface area (Å²) in [5.41, 5.74) is 0.324. The van der Waals surface area contributed by atoms with Crippen molar-refractivity contribution in [3.05, 3.63) is 54.0 Å². The molecule has 1 aromatic carbocycles. The molecule has 0 bridgehead atoms. The van der Waals surface area contributed by atoms with E-state index < -0.39 is 10.0 Å². The Labute approximate surface area is 179 Å². The average molecular weight is 434 g/mol. The highest BCUT2D eigenvalue weighted by Crippen LogP contribution is 2.27. The summed E-state index contributed by atoms with van der Waals surface area (Å²) in [5, 5.41) is 2.89.